The minimum atomic E-state index is -0.460. The fourth-order valence-electron chi connectivity index (χ4n) is 4.43. The quantitative estimate of drug-likeness (QED) is 0.164. The molecule has 1 aromatic heterocycles. The van der Waals surface area contributed by atoms with Crippen LogP contribution in [0.1, 0.15) is 34.0 Å². The first-order valence-corrected chi connectivity index (χ1v) is 13.7. The van der Waals surface area contributed by atoms with Gasteiger partial charge in [-0.05, 0) is 71.8 Å². The van der Waals surface area contributed by atoms with E-state index < -0.39 is 11.1 Å². The number of aromatic nitrogens is 1. The molecule has 0 unspecified atom stereocenters. The summed E-state index contributed by atoms with van der Waals surface area (Å²) in [7, 11) is 0. The SMILES string of the molecule is CCc1cccc2c(/C=C3\SC(=O)N(CC(=O)c4ccc(Cl)cc4)C3=O)cn(Cc3ccc(Br)cc3)c12. The number of nitrogens with zero attached hydrogens (tertiary/aromatic N) is 2. The van der Waals surface area contributed by atoms with Gasteiger partial charge in [-0.15, -0.1) is 0 Å². The number of imide groups is 1. The van der Waals surface area contributed by atoms with Crippen molar-refractivity contribution in [2.45, 2.75) is 19.9 Å². The highest BCUT2D eigenvalue weighted by atomic mass is 79.9. The summed E-state index contributed by atoms with van der Waals surface area (Å²) in [5, 5.41) is 1.07. The lowest BCUT2D eigenvalue weighted by Gasteiger charge is -2.11. The minimum absolute atomic E-state index is 0.304. The molecule has 0 N–H and O–H groups in total. The number of halogens is 2. The molecule has 0 aliphatic carbocycles. The van der Waals surface area contributed by atoms with Crippen molar-refractivity contribution in [1.82, 2.24) is 9.47 Å². The third kappa shape index (κ3) is 5.30. The first-order valence-electron chi connectivity index (χ1n) is 11.7. The predicted molar refractivity (Wildman–Crippen MR) is 153 cm³/mol. The lowest BCUT2D eigenvalue weighted by atomic mass is 10.1. The molecule has 0 atom stereocenters. The number of fused-ring (bicyclic) bond motifs is 1. The number of ketones is 1. The summed E-state index contributed by atoms with van der Waals surface area (Å²) in [6, 6.07) is 20.7. The fourth-order valence-corrected chi connectivity index (χ4v) is 5.64. The van der Waals surface area contributed by atoms with E-state index in [-0.39, 0.29) is 12.3 Å². The van der Waals surface area contributed by atoms with Gasteiger partial charge in [0.25, 0.3) is 11.1 Å². The summed E-state index contributed by atoms with van der Waals surface area (Å²) in [6.07, 6.45) is 4.65. The molecule has 1 aliphatic heterocycles. The first kappa shape index (κ1) is 25.5. The summed E-state index contributed by atoms with van der Waals surface area (Å²) in [4.78, 5) is 39.8. The summed E-state index contributed by atoms with van der Waals surface area (Å²) < 4.78 is 3.21. The molecule has 5 nitrogen and oxygen atoms in total. The van der Waals surface area contributed by atoms with Gasteiger partial charge in [-0.25, -0.2) is 0 Å². The van der Waals surface area contributed by atoms with Crippen LogP contribution in [0.25, 0.3) is 17.0 Å². The molecule has 0 saturated carbocycles. The molecular formula is C29H22BrClN2O3S. The van der Waals surface area contributed by atoms with Crippen molar-refractivity contribution in [3.8, 4) is 0 Å². The van der Waals surface area contributed by atoms with Crippen LogP contribution in [0.4, 0.5) is 4.79 Å². The molecule has 2 heterocycles. The maximum atomic E-state index is 13.2. The largest absolute Gasteiger partial charge is 0.342 e. The molecule has 5 rings (SSSR count). The van der Waals surface area contributed by atoms with Crippen LogP contribution in [0.2, 0.25) is 5.02 Å². The molecule has 8 heteroatoms. The van der Waals surface area contributed by atoms with Crippen molar-refractivity contribution in [2.24, 2.45) is 0 Å². The van der Waals surface area contributed by atoms with Gasteiger partial charge in [0.1, 0.15) is 0 Å². The topological polar surface area (TPSA) is 59.4 Å². The van der Waals surface area contributed by atoms with Gasteiger partial charge in [-0.2, -0.15) is 0 Å². The highest BCUT2D eigenvalue weighted by molar-refractivity contribution is 9.10. The first-order chi connectivity index (χ1) is 17.8. The zero-order valence-corrected chi connectivity index (χ0v) is 23.1. The van der Waals surface area contributed by atoms with Crippen molar-refractivity contribution in [3.63, 3.8) is 0 Å². The molecule has 37 heavy (non-hydrogen) atoms. The fraction of sp³-hybridized carbons (Fsp3) is 0.138. The molecule has 0 spiro atoms. The molecule has 186 valence electrons. The Hall–Kier alpha value is -3.13. The van der Waals surface area contributed by atoms with Crippen molar-refractivity contribution in [2.75, 3.05) is 6.54 Å². The van der Waals surface area contributed by atoms with E-state index in [2.05, 4.69) is 45.6 Å². The highest BCUT2D eigenvalue weighted by Gasteiger charge is 2.36. The molecule has 1 fully saturated rings. The number of carbonyl (C=O) groups is 3. The smallest absolute Gasteiger partial charge is 0.293 e. The minimum Gasteiger partial charge on any atom is -0.342 e. The zero-order chi connectivity index (χ0) is 26.1. The summed E-state index contributed by atoms with van der Waals surface area (Å²) in [5.41, 5.74) is 4.72. The average molecular weight is 594 g/mol. The van der Waals surface area contributed by atoms with E-state index in [9.17, 15) is 14.4 Å². The van der Waals surface area contributed by atoms with Crippen molar-refractivity contribution < 1.29 is 14.4 Å². The third-order valence-electron chi connectivity index (χ3n) is 6.29. The molecule has 2 amide bonds. The van der Waals surface area contributed by atoms with Crippen LogP contribution in [0.5, 0.6) is 0 Å². The normalized spacial score (nSPS) is 14.8. The number of Topliss-reactive ketones (excluding diaryl/α,β-unsaturated/α-hetero) is 1. The number of thioether (sulfide) groups is 1. The van der Waals surface area contributed by atoms with E-state index >= 15 is 0 Å². The average Bonchev–Trinajstić information content (AvgIpc) is 3.37. The Morgan fingerprint density at radius 2 is 1.76 bits per heavy atom. The number of amides is 2. The number of hydrogen-bond donors (Lipinski definition) is 0. The van der Waals surface area contributed by atoms with Gasteiger partial charge in [-0.1, -0.05) is 64.8 Å². The molecule has 1 aliphatic rings. The van der Waals surface area contributed by atoms with Gasteiger partial charge < -0.3 is 4.57 Å². The monoisotopic (exact) mass is 592 g/mol. The Bertz CT molecular complexity index is 1560. The third-order valence-corrected chi connectivity index (χ3v) is 7.98. The molecule has 0 bridgehead atoms. The van der Waals surface area contributed by atoms with E-state index in [1.165, 1.54) is 5.56 Å². The Morgan fingerprint density at radius 3 is 2.46 bits per heavy atom. The van der Waals surface area contributed by atoms with Crippen molar-refractivity contribution in [1.29, 1.82) is 0 Å². The van der Waals surface area contributed by atoms with Crippen LogP contribution in [0, 0.1) is 0 Å². The standard InChI is InChI=1S/C29H22BrClN2O3S/c1-2-19-4-3-5-24-21(16-32(27(19)24)15-18-6-10-22(30)11-7-18)14-26-28(35)33(29(36)37-26)17-25(34)20-8-12-23(31)13-9-20/h3-14,16H,2,15,17H2,1H3/b26-14-. The van der Waals surface area contributed by atoms with Crippen LogP contribution >= 0.6 is 39.3 Å². The van der Waals surface area contributed by atoms with Crippen LogP contribution in [0.3, 0.4) is 0 Å². The van der Waals surface area contributed by atoms with Crippen molar-refractivity contribution >= 4 is 73.2 Å². The second kappa shape index (κ2) is 10.7. The molecule has 4 aromatic rings. The van der Waals surface area contributed by atoms with Crippen LogP contribution in [0.15, 0.2) is 82.3 Å². The van der Waals surface area contributed by atoms with Gasteiger partial charge in [0.2, 0.25) is 0 Å². The lowest BCUT2D eigenvalue weighted by molar-refractivity contribution is -0.122. The van der Waals surface area contributed by atoms with Gasteiger partial charge in [-0.3, -0.25) is 19.3 Å². The predicted octanol–water partition coefficient (Wildman–Crippen LogP) is 7.59. The van der Waals surface area contributed by atoms with Gasteiger partial charge in [0.05, 0.1) is 17.0 Å². The second-order valence-electron chi connectivity index (χ2n) is 8.70. The molecule has 3 aromatic carbocycles. The van der Waals surface area contributed by atoms with E-state index in [4.69, 9.17) is 11.6 Å². The molecular weight excluding hydrogens is 572 g/mol. The Labute approximate surface area is 232 Å². The summed E-state index contributed by atoms with van der Waals surface area (Å²) >= 11 is 10.2. The second-order valence-corrected chi connectivity index (χ2v) is 11.0. The number of para-hydroxylation sites is 1. The van der Waals surface area contributed by atoms with E-state index in [1.807, 2.05) is 30.5 Å². The number of carbonyl (C=O) groups excluding carboxylic acids is 3. The highest BCUT2D eigenvalue weighted by Crippen LogP contribution is 2.35. The maximum absolute atomic E-state index is 13.2. The van der Waals surface area contributed by atoms with E-state index in [1.54, 1.807) is 30.3 Å². The van der Waals surface area contributed by atoms with Gasteiger partial charge in [0.15, 0.2) is 5.78 Å². The number of rotatable bonds is 7. The van der Waals surface area contributed by atoms with E-state index in [0.717, 1.165) is 49.6 Å². The Kier molecular flexibility index (Phi) is 7.38. The van der Waals surface area contributed by atoms with Gasteiger partial charge in [0, 0.05) is 38.8 Å². The maximum Gasteiger partial charge on any atom is 0.293 e. The van der Waals surface area contributed by atoms with Crippen LogP contribution < -0.4 is 0 Å². The number of benzene rings is 3. The zero-order valence-electron chi connectivity index (χ0n) is 19.9. The number of aryl methyl sites for hydroxylation is 1. The Morgan fingerprint density at radius 1 is 1.03 bits per heavy atom. The number of hydrogen-bond acceptors (Lipinski definition) is 4. The summed E-state index contributed by atoms with van der Waals surface area (Å²) in [5.74, 6) is -0.781. The summed E-state index contributed by atoms with van der Waals surface area (Å²) in [6.45, 7) is 2.48. The molecule has 0 radical (unpaired) electrons. The molecule has 1 saturated heterocycles. The van der Waals surface area contributed by atoms with Crippen LogP contribution in [-0.2, 0) is 17.8 Å². The van der Waals surface area contributed by atoms with Crippen LogP contribution in [-0.4, -0.2) is 32.9 Å². The lowest BCUT2D eigenvalue weighted by Crippen LogP contribution is -2.33. The van der Waals surface area contributed by atoms with Gasteiger partial charge >= 0.3 is 0 Å². The van der Waals surface area contributed by atoms with E-state index in [0.29, 0.717) is 22.0 Å². The Balaban J connectivity index is 1.46. The van der Waals surface area contributed by atoms with Crippen molar-refractivity contribution in [3.05, 3.63) is 110 Å².